The van der Waals surface area contributed by atoms with Gasteiger partial charge in [0, 0.05) is 12.8 Å². The molecule has 0 N–H and O–H groups in total. The highest BCUT2D eigenvalue weighted by Crippen LogP contribution is 2.38. The molecule has 0 amide bonds. The third-order valence-corrected chi connectivity index (χ3v) is 16.9. The number of rotatable bonds is 67. The van der Waals surface area contributed by atoms with E-state index in [1.807, 2.05) is 21.1 Å². The fourth-order valence-corrected chi connectivity index (χ4v) is 11.1. The molecule has 2 atom stereocenters. The number of phosphoric acid groups is 1. The van der Waals surface area contributed by atoms with Crippen LogP contribution in [0.4, 0.5) is 0 Å². The normalized spacial score (nSPS) is 13.6. The van der Waals surface area contributed by atoms with Crippen LogP contribution in [0.15, 0.2) is 85.1 Å². The van der Waals surface area contributed by atoms with Gasteiger partial charge in [-0.1, -0.05) is 317 Å². The predicted octanol–water partition coefficient (Wildman–Crippen LogP) is 23.1. The minimum absolute atomic E-state index is 0.0339. The van der Waals surface area contributed by atoms with Gasteiger partial charge in [-0.15, -0.1) is 0 Å². The third kappa shape index (κ3) is 70.3. The number of nitrogens with zero attached hydrogens (tertiary/aromatic N) is 1. The molecule has 0 aliphatic rings. The van der Waals surface area contributed by atoms with Crippen molar-refractivity contribution in [1.29, 1.82) is 0 Å². The molecule has 0 aliphatic heterocycles. The van der Waals surface area contributed by atoms with Crippen LogP contribution in [0.3, 0.4) is 0 Å². The van der Waals surface area contributed by atoms with Crippen molar-refractivity contribution in [2.24, 2.45) is 0 Å². The maximum Gasteiger partial charge on any atom is 0.306 e. The Hall–Kier alpha value is -2.81. The highest BCUT2D eigenvalue weighted by Gasteiger charge is 2.22. The van der Waals surface area contributed by atoms with Gasteiger partial charge in [0.2, 0.25) is 0 Å². The smallest absolute Gasteiger partial charge is 0.306 e. The van der Waals surface area contributed by atoms with E-state index in [0.717, 1.165) is 83.5 Å². The second-order valence-electron chi connectivity index (χ2n) is 25.6. The van der Waals surface area contributed by atoms with Gasteiger partial charge in [-0.3, -0.25) is 14.2 Å². The topological polar surface area (TPSA) is 111 Å². The van der Waals surface area contributed by atoms with Crippen LogP contribution >= 0.6 is 7.82 Å². The summed E-state index contributed by atoms with van der Waals surface area (Å²) in [6.07, 6.45) is 91.2. The van der Waals surface area contributed by atoms with E-state index in [4.69, 9.17) is 18.5 Å². The Morgan fingerprint density at radius 1 is 0.372 bits per heavy atom. The monoisotopic (exact) mass is 1220 g/mol. The van der Waals surface area contributed by atoms with Crippen LogP contribution in [0.1, 0.15) is 335 Å². The minimum Gasteiger partial charge on any atom is -0.756 e. The number of likely N-dealkylation sites (N-methyl/N-ethyl adjacent to an activating group) is 1. The molecule has 0 fully saturated rings. The first kappa shape index (κ1) is 83.2. The first-order chi connectivity index (χ1) is 42.0. The Labute approximate surface area is 532 Å². The maximum atomic E-state index is 12.8. The van der Waals surface area contributed by atoms with Gasteiger partial charge in [0.15, 0.2) is 6.10 Å². The van der Waals surface area contributed by atoms with Gasteiger partial charge in [-0.05, 0) is 89.9 Å². The number of ether oxygens (including phenoxy) is 2. The molecule has 9 nitrogen and oxygen atoms in total. The molecule has 0 spiro atoms. The first-order valence-electron chi connectivity index (χ1n) is 36.3. The summed E-state index contributed by atoms with van der Waals surface area (Å²) >= 11 is 0. The number of carbonyl (C=O) groups excluding carboxylic acids is 2. The van der Waals surface area contributed by atoms with Crippen LogP contribution in [0.25, 0.3) is 0 Å². The van der Waals surface area contributed by atoms with Gasteiger partial charge >= 0.3 is 11.9 Å². The van der Waals surface area contributed by atoms with Crippen molar-refractivity contribution in [1.82, 2.24) is 0 Å². The van der Waals surface area contributed by atoms with E-state index in [1.54, 1.807) is 0 Å². The van der Waals surface area contributed by atoms with Crippen LogP contribution < -0.4 is 4.89 Å². The van der Waals surface area contributed by atoms with E-state index in [9.17, 15) is 19.0 Å². The van der Waals surface area contributed by atoms with Crippen LogP contribution in [0.5, 0.6) is 0 Å². The second-order valence-corrected chi connectivity index (χ2v) is 27.0. The standard InChI is InChI=1S/C76H138NO8P/c1-6-8-10-12-14-16-18-20-22-24-26-28-29-30-31-32-33-34-35-36-37-38-39-40-41-42-43-44-45-46-47-49-50-52-54-56-58-60-62-64-66-68-75(78)82-72-74(73-84-86(80,81)83-71-70-77(3,4)5)85-76(79)69-67-65-63-61-59-57-55-53-51-48-27-25-23-21-19-17-15-13-11-9-7-2/h9,11,15,17-18,20-21,23-24,26-27,29-30,48,74H,6-8,10,12-14,16,19,22,25,28,31-47,49-73H2,1-5H3/b11-9-,17-15-,20-18-,23-21-,26-24-,30-29-,48-27-. The fourth-order valence-electron chi connectivity index (χ4n) is 10.4. The molecule has 0 heterocycles. The van der Waals surface area contributed by atoms with E-state index < -0.39 is 26.5 Å². The molecule has 0 aromatic heterocycles. The Morgan fingerprint density at radius 3 is 0.988 bits per heavy atom. The van der Waals surface area contributed by atoms with E-state index in [0.29, 0.717) is 17.4 Å². The number of esters is 2. The number of hydrogen-bond acceptors (Lipinski definition) is 8. The molecule has 10 heteroatoms. The Morgan fingerprint density at radius 2 is 0.663 bits per heavy atom. The minimum atomic E-state index is -4.65. The van der Waals surface area contributed by atoms with Gasteiger partial charge in [0.05, 0.1) is 27.7 Å². The molecule has 0 aromatic carbocycles. The lowest BCUT2D eigenvalue weighted by molar-refractivity contribution is -0.870. The average molecular weight is 1220 g/mol. The van der Waals surface area contributed by atoms with E-state index in [2.05, 4.69) is 98.9 Å². The molecule has 0 aliphatic carbocycles. The zero-order valence-corrected chi connectivity index (χ0v) is 57.9. The summed E-state index contributed by atoms with van der Waals surface area (Å²) in [7, 11) is 1.16. The van der Waals surface area contributed by atoms with E-state index in [1.165, 1.54) is 218 Å². The SMILES string of the molecule is CC/C=C\C/C=C\C/C=C\C/C=C\CCCCCCCCCCC(=O)OC(COC(=O)CCCCCCCCCCCCCCCCCCCCCCCCCCCC/C=C\C/C=C\C/C=C\CCCCCCC)COP(=O)([O-])OCC[N+](C)(C)C. The van der Waals surface area contributed by atoms with Crippen molar-refractivity contribution in [3.05, 3.63) is 85.1 Å². The van der Waals surface area contributed by atoms with Crippen molar-refractivity contribution in [2.45, 2.75) is 341 Å². The summed E-state index contributed by atoms with van der Waals surface area (Å²) in [5.41, 5.74) is 0. The van der Waals surface area contributed by atoms with Crippen molar-refractivity contribution < 1.29 is 42.1 Å². The van der Waals surface area contributed by atoms with Crippen LogP contribution in [-0.2, 0) is 32.7 Å². The predicted molar refractivity (Wildman–Crippen MR) is 369 cm³/mol. The van der Waals surface area contributed by atoms with Crippen LogP contribution in [0.2, 0.25) is 0 Å². The molecule has 0 aromatic rings. The third-order valence-electron chi connectivity index (χ3n) is 15.9. The quantitative estimate of drug-likeness (QED) is 0.0195. The first-order valence-corrected chi connectivity index (χ1v) is 37.8. The molecule has 0 saturated heterocycles. The van der Waals surface area contributed by atoms with Crippen LogP contribution in [0, 0.1) is 0 Å². The molecule has 86 heavy (non-hydrogen) atoms. The number of allylic oxidation sites excluding steroid dienone is 14. The van der Waals surface area contributed by atoms with E-state index >= 15 is 0 Å². The lowest BCUT2D eigenvalue weighted by Gasteiger charge is -2.28. The molecule has 0 radical (unpaired) electrons. The van der Waals surface area contributed by atoms with Gasteiger partial charge < -0.3 is 27.9 Å². The highest BCUT2D eigenvalue weighted by molar-refractivity contribution is 7.45. The largest absolute Gasteiger partial charge is 0.756 e. The Bertz CT molecular complexity index is 1730. The number of phosphoric ester groups is 1. The fraction of sp³-hybridized carbons (Fsp3) is 0.789. The summed E-state index contributed by atoms with van der Waals surface area (Å²) in [4.78, 5) is 38.0. The summed E-state index contributed by atoms with van der Waals surface area (Å²) in [6.45, 7) is 4.14. The highest BCUT2D eigenvalue weighted by atomic mass is 31.2. The number of hydrogen-bond donors (Lipinski definition) is 0. The Balaban J connectivity index is 3.91. The Kier molecular flexibility index (Phi) is 64.4. The molecule has 0 rings (SSSR count). The van der Waals surface area contributed by atoms with Gasteiger partial charge in [-0.2, -0.15) is 0 Å². The van der Waals surface area contributed by atoms with Gasteiger partial charge in [0.25, 0.3) is 7.82 Å². The van der Waals surface area contributed by atoms with Crippen molar-refractivity contribution >= 4 is 19.8 Å². The molecule has 0 saturated carbocycles. The molecule has 0 bridgehead atoms. The zero-order valence-electron chi connectivity index (χ0n) is 57.0. The van der Waals surface area contributed by atoms with Crippen LogP contribution in [-0.4, -0.2) is 70.0 Å². The maximum absolute atomic E-state index is 12.8. The van der Waals surface area contributed by atoms with Crippen molar-refractivity contribution in [3.8, 4) is 0 Å². The molecular formula is C76H138NO8P. The van der Waals surface area contributed by atoms with Gasteiger partial charge in [0.1, 0.15) is 19.8 Å². The summed E-state index contributed by atoms with van der Waals surface area (Å²) in [6, 6.07) is 0. The summed E-state index contributed by atoms with van der Waals surface area (Å²) in [5, 5.41) is 0. The lowest BCUT2D eigenvalue weighted by Crippen LogP contribution is -2.37. The molecule has 500 valence electrons. The molecular weight excluding hydrogens is 1090 g/mol. The zero-order chi connectivity index (χ0) is 62.6. The molecule has 2 unspecified atom stereocenters. The van der Waals surface area contributed by atoms with Crippen molar-refractivity contribution in [3.63, 3.8) is 0 Å². The summed E-state index contributed by atoms with van der Waals surface area (Å²) in [5.74, 6) is -0.832. The summed E-state index contributed by atoms with van der Waals surface area (Å²) < 4.78 is 34.3. The number of quaternary nitrogens is 1. The number of carbonyl (C=O) groups is 2. The number of unbranched alkanes of at least 4 members (excludes halogenated alkanes) is 39. The average Bonchev–Trinajstić information content (AvgIpc) is 3.67. The van der Waals surface area contributed by atoms with E-state index in [-0.39, 0.29) is 32.0 Å². The van der Waals surface area contributed by atoms with Crippen molar-refractivity contribution in [2.75, 3.05) is 47.5 Å². The lowest BCUT2D eigenvalue weighted by atomic mass is 10.0. The van der Waals surface area contributed by atoms with Gasteiger partial charge in [-0.25, -0.2) is 0 Å². The second kappa shape index (κ2) is 66.6.